The zero-order chi connectivity index (χ0) is 10.0. The molecule has 0 aromatic rings. The third kappa shape index (κ3) is 2.02. The van der Waals surface area contributed by atoms with Crippen molar-refractivity contribution in [3.8, 4) is 0 Å². The van der Waals surface area contributed by atoms with Gasteiger partial charge in [-0.1, -0.05) is 6.92 Å². The minimum Gasteiger partial charge on any atom is -0.394 e. The van der Waals surface area contributed by atoms with Crippen LogP contribution in [0.25, 0.3) is 0 Å². The van der Waals surface area contributed by atoms with Crippen LogP contribution in [-0.2, 0) is 4.74 Å². The average Bonchev–Trinajstić information content (AvgIpc) is 2.12. The van der Waals surface area contributed by atoms with Crippen LogP contribution < -0.4 is 5.73 Å². The first-order valence-electron chi connectivity index (χ1n) is 4.81. The highest BCUT2D eigenvalue weighted by Gasteiger charge is 2.39. The summed E-state index contributed by atoms with van der Waals surface area (Å²) in [5.41, 5.74) is 5.73. The Morgan fingerprint density at radius 1 is 1.46 bits per heavy atom. The molecule has 0 spiro atoms. The second kappa shape index (κ2) is 4.37. The molecule has 4 N–H and O–H groups in total. The summed E-state index contributed by atoms with van der Waals surface area (Å²) in [6, 6.07) is -0.467. The molecule has 0 radical (unpaired) electrons. The molecule has 1 aliphatic heterocycles. The fraction of sp³-hybridized carbons (Fsp3) is 1.00. The lowest BCUT2D eigenvalue weighted by Gasteiger charge is -2.41. The van der Waals surface area contributed by atoms with Crippen molar-refractivity contribution in [1.82, 2.24) is 0 Å². The van der Waals surface area contributed by atoms with Gasteiger partial charge in [0.25, 0.3) is 0 Å². The van der Waals surface area contributed by atoms with Gasteiger partial charge in [0, 0.05) is 5.92 Å². The van der Waals surface area contributed by atoms with Crippen molar-refractivity contribution in [2.45, 2.75) is 44.6 Å². The molecule has 4 nitrogen and oxygen atoms in total. The van der Waals surface area contributed by atoms with E-state index in [4.69, 9.17) is 15.6 Å². The second-order valence-corrected chi connectivity index (χ2v) is 3.70. The molecule has 2 unspecified atom stereocenters. The molecule has 0 aromatic carbocycles. The van der Waals surface area contributed by atoms with E-state index in [9.17, 15) is 5.11 Å². The van der Waals surface area contributed by atoms with Gasteiger partial charge in [-0.25, -0.2) is 0 Å². The monoisotopic (exact) mass is 189 g/mol. The number of aliphatic hydroxyl groups is 2. The van der Waals surface area contributed by atoms with Gasteiger partial charge in [0.15, 0.2) is 0 Å². The Balaban J connectivity index is 2.66. The number of nitrogens with two attached hydrogens (primary N) is 1. The SMILES string of the molecule is CC[C@@H]1C(C)O[C@@H](CO)C(N)[C@@H]1O. The lowest BCUT2D eigenvalue weighted by Crippen LogP contribution is -2.58. The Morgan fingerprint density at radius 2 is 2.08 bits per heavy atom. The van der Waals surface area contributed by atoms with Crippen LogP contribution in [-0.4, -0.2) is 41.2 Å². The van der Waals surface area contributed by atoms with E-state index >= 15 is 0 Å². The van der Waals surface area contributed by atoms with Crippen LogP contribution in [0.5, 0.6) is 0 Å². The largest absolute Gasteiger partial charge is 0.394 e. The van der Waals surface area contributed by atoms with Gasteiger partial charge in [0.1, 0.15) is 0 Å². The maximum absolute atomic E-state index is 9.79. The molecule has 0 saturated carbocycles. The number of hydrogen-bond donors (Lipinski definition) is 3. The number of ether oxygens (including phenoxy) is 1. The van der Waals surface area contributed by atoms with Crippen LogP contribution in [0.4, 0.5) is 0 Å². The van der Waals surface area contributed by atoms with Crippen LogP contribution in [0.15, 0.2) is 0 Å². The fourth-order valence-corrected chi connectivity index (χ4v) is 1.99. The summed E-state index contributed by atoms with van der Waals surface area (Å²) < 4.78 is 5.49. The average molecular weight is 189 g/mol. The van der Waals surface area contributed by atoms with Crippen LogP contribution in [0.2, 0.25) is 0 Å². The number of rotatable bonds is 2. The zero-order valence-electron chi connectivity index (χ0n) is 8.18. The van der Waals surface area contributed by atoms with Crippen molar-refractivity contribution >= 4 is 0 Å². The molecular formula is C9H19NO3. The van der Waals surface area contributed by atoms with Gasteiger partial charge in [0.2, 0.25) is 0 Å². The maximum Gasteiger partial charge on any atom is 0.0985 e. The summed E-state index contributed by atoms with van der Waals surface area (Å²) in [6.07, 6.45) is -0.176. The Kier molecular flexibility index (Phi) is 3.67. The van der Waals surface area contributed by atoms with Gasteiger partial charge in [0.05, 0.1) is 31.0 Å². The second-order valence-electron chi connectivity index (χ2n) is 3.70. The lowest BCUT2D eigenvalue weighted by molar-refractivity contribution is -0.153. The Bertz CT molecular complexity index is 165. The van der Waals surface area contributed by atoms with Crippen molar-refractivity contribution in [2.24, 2.45) is 11.7 Å². The van der Waals surface area contributed by atoms with E-state index in [1.165, 1.54) is 0 Å². The summed E-state index contributed by atoms with van der Waals surface area (Å²) in [4.78, 5) is 0. The first-order chi connectivity index (χ1) is 6.11. The normalized spacial score (nSPS) is 46.4. The highest BCUT2D eigenvalue weighted by Crippen LogP contribution is 2.26. The first-order valence-corrected chi connectivity index (χ1v) is 4.81. The summed E-state index contributed by atoms with van der Waals surface area (Å²) in [5, 5.41) is 18.7. The molecule has 1 aliphatic rings. The van der Waals surface area contributed by atoms with Crippen LogP contribution in [0.3, 0.4) is 0 Å². The van der Waals surface area contributed by atoms with Gasteiger partial charge >= 0.3 is 0 Å². The predicted octanol–water partition coefficient (Wildman–Crippen LogP) is -0.520. The molecule has 1 saturated heterocycles. The van der Waals surface area contributed by atoms with Crippen molar-refractivity contribution in [2.75, 3.05) is 6.61 Å². The third-order valence-electron chi connectivity index (χ3n) is 2.91. The zero-order valence-corrected chi connectivity index (χ0v) is 8.18. The molecule has 0 aromatic heterocycles. The van der Waals surface area contributed by atoms with Gasteiger partial charge in [-0.3, -0.25) is 0 Å². The van der Waals surface area contributed by atoms with Crippen LogP contribution in [0.1, 0.15) is 20.3 Å². The standard InChI is InChI=1S/C9H19NO3/c1-3-6-5(2)13-7(4-11)8(10)9(6)12/h5-9,11-12H,3-4,10H2,1-2H3/t5?,6-,7+,8?,9-/m1/s1. The molecule has 13 heavy (non-hydrogen) atoms. The summed E-state index contributed by atoms with van der Waals surface area (Å²) >= 11 is 0. The molecule has 5 atom stereocenters. The Hall–Kier alpha value is -0.160. The van der Waals surface area contributed by atoms with E-state index in [0.29, 0.717) is 0 Å². The van der Waals surface area contributed by atoms with E-state index < -0.39 is 18.2 Å². The molecule has 1 fully saturated rings. The highest BCUT2D eigenvalue weighted by molar-refractivity contribution is 4.92. The van der Waals surface area contributed by atoms with Crippen LogP contribution in [0, 0.1) is 5.92 Å². The molecule has 1 heterocycles. The van der Waals surface area contributed by atoms with Crippen molar-refractivity contribution in [3.05, 3.63) is 0 Å². The number of aliphatic hydroxyl groups excluding tert-OH is 2. The molecule has 0 aliphatic carbocycles. The topological polar surface area (TPSA) is 75.7 Å². The molecular weight excluding hydrogens is 170 g/mol. The summed E-state index contributed by atoms with van der Waals surface area (Å²) in [6.45, 7) is 3.78. The smallest absolute Gasteiger partial charge is 0.0985 e. The first kappa shape index (κ1) is 10.9. The Morgan fingerprint density at radius 3 is 2.54 bits per heavy atom. The quantitative estimate of drug-likeness (QED) is 0.546. The molecule has 4 heteroatoms. The van der Waals surface area contributed by atoms with Gasteiger partial charge < -0.3 is 20.7 Å². The molecule has 78 valence electrons. The van der Waals surface area contributed by atoms with Crippen molar-refractivity contribution in [3.63, 3.8) is 0 Å². The van der Waals surface area contributed by atoms with Crippen molar-refractivity contribution < 1.29 is 14.9 Å². The Labute approximate surface area is 78.7 Å². The lowest BCUT2D eigenvalue weighted by atomic mass is 9.84. The molecule has 1 rings (SSSR count). The van der Waals surface area contributed by atoms with Crippen LogP contribution >= 0.6 is 0 Å². The summed E-state index contributed by atoms with van der Waals surface area (Å²) in [5.74, 6) is 0.0813. The van der Waals surface area contributed by atoms with Crippen molar-refractivity contribution in [1.29, 1.82) is 0 Å². The fourth-order valence-electron chi connectivity index (χ4n) is 1.99. The van der Waals surface area contributed by atoms with E-state index in [1.807, 2.05) is 13.8 Å². The number of hydrogen-bond acceptors (Lipinski definition) is 4. The van der Waals surface area contributed by atoms with Gasteiger partial charge in [-0.05, 0) is 13.3 Å². The van der Waals surface area contributed by atoms with Gasteiger partial charge in [-0.15, -0.1) is 0 Å². The minimum atomic E-state index is -0.564. The summed E-state index contributed by atoms with van der Waals surface area (Å²) in [7, 11) is 0. The molecule has 0 bridgehead atoms. The van der Waals surface area contributed by atoms with Gasteiger partial charge in [-0.2, -0.15) is 0 Å². The predicted molar refractivity (Wildman–Crippen MR) is 49.2 cm³/mol. The maximum atomic E-state index is 9.79. The van der Waals surface area contributed by atoms with E-state index in [0.717, 1.165) is 6.42 Å². The minimum absolute atomic E-state index is 0.0306. The van der Waals surface area contributed by atoms with E-state index in [-0.39, 0.29) is 18.6 Å². The third-order valence-corrected chi connectivity index (χ3v) is 2.91. The highest BCUT2D eigenvalue weighted by atomic mass is 16.5. The molecule has 0 amide bonds. The van der Waals surface area contributed by atoms with E-state index in [1.54, 1.807) is 0 Å². The van der Waals surface area contributed by atoms with E-state index in [2.05, 4.69) is 0 Å².